The SMILES string of the molecule is Cn1ccc(-c2cc(C(=O)Nc3c(-c4ccccc4)nc4cc(N5CCCC5)ccn34)ccc2C(F)(F)F)n1. The highest BCUT2D eigenvalue weighted by atomic mass is 19.4. The van der Waals surface area contributed by atoms with Gasteiger partial charge in [-0.25, -0.2) is 4.98 Å². The first-order valence-electron chi connectivity index (χ1n) is 12.6. The van der Waals surface area contributed by atoms with E-state index in [0.29, 0.717) is 17.2 Å². The lowest BCUT2D eigenvalue weighted by Gasteiger charge is -2.17. The highest BCUT2D eigenvalue weighted by Gasteiger charge is 2.35. The second-order valence-corrected chi connectivity index (χ2v) is 9.57. The van der Waals surface area contributed by atoms with Crippen LogP contribution in [0.3, 0.4) is 0 Å². The van der Waals surface area contributed by atoms with E-state index >= 15 is 0 Å². The molecule has 0 radical (unpaired) electrons. The number of anilines is 2. The molecule has 0 aliphatic carbocycles. The molecular weight excluding hydrogens is 505 g/mol. The fourth-order valence-corrected chi connectivity index (χ4v) is 5.01. The number of fused-ring (bicyclic) bond motifs is 1. The Labute approximate surface area is 222 Å². The minimum absolute atomic E-state index is 0.0753. The van der Waals surface area contributed by atoms with Crippen LogP contribution in [-0.2, 0) is 13.2 Å². The van der Waals surface area contributed by atoms with Crippen LogP contribution in [0.5, 0.6) is 0 Å². The van der Waals surface area contributed by atoms with Gasteiger partial charge in [0.15, 0.2) is 0 Å². The van der Waals surface area contributed by atoms with E-state index in [-0.39, 0.29) is 16.8 Å². The van der Waals surface area contributed by atoms with Gasteiger partial charge < -0.3 is 10.2 Å². The van der Waals surface area contributed by atoms with Gasteiger partial charge in [0.1, 0.15) is 17.2 Å². The topological polar surface area (TPSA) is 67.5 Å². The van der Waals surface area contributed by atoms with Crippen LogP contribution in [0.4, 0.5) is 24.7 Å². The third-order valence-electron chi connectivity index (χ3n) is 6.94. The van der Waals surface area contributed by atoms with Crippen molar-refractivity contribution in [2.45, 2.75) is 19.0 Å². The molecule has 1 saturated heterocycles. The summed E-state index contributed by atoms with van der Waals surface area (Å²) in [6.45, 7) is 1.97. The summed E-state index contributed by atoms with van der Waals surface area (Å²) in [7, 11) is 1.62. The smallest absolute Gasteiger partial charge is 0.371 e. The molecule has 2 aromatic carbocycles. The van der Waals surface area contributed by atoms with E-state index < -0.39 is 17.6 Å². The second kappa shape index (κ2) is 9.61. The van der Waals surface area contributed by atoms with E-state index in [1.165, 1.54) is 22.9 Å². The maximum atomic E-state index is 13.8. The van der Waals surface area contributed by atoms with Gasteiger partial charge in [-0.05, 0) is 43.2 Å². The molecule has 7 nitrogen and oxygen atoms in total. The molecule has 3 aromatic heterocycles. The Morgan fingerprint density at radius 3 is 2.41 bits per heavy atom. The van der Waals surface area contributed by atoms with Gasteiger partial charge in [0, 0.05) is 61.0 Å². The molecule has 198 valence electrons. The Morgan fingerprint density at radius 2 is 1.72 bits per heavy atom. The molecule has 39 heavy (non-hydrogen) atoms. The van der Waals surface area contributed by atoms with Crippen molar-refractivity contribution >= 4 is 23.1 Å². The van der Waals surface area contributed by atoms with Crippen molar-refractivity contribution in [2.75, 3.05) is 23.3 Å². The van der Waals surface area contributed by atoms with Gasteiger partial charge >= 0.3 is 6.18 Å². The zero-order valence-electron chi connectivity index (χ0n) is 21.1. The van der Waals surface area contributed by atoms with Crippen LogP contribution in [-0.4, -0.2) is 38.2 Å². The molecule has 0 saturated carbocycles. The van der Waals surface area contributed by atoms with Crippen molar-refractivity contribution in [1.82, 2.24) is 19.2 Å². The molecular formula is C29H25F3N6O. The molecule has 1 fully saturated rings. The molecule has 6 rings (SSSR count). The standard InChI is InChI=1S/C29H25F3N6O/c1-36-15-12-24(35-36)22-17-20(9-10-23(22)29(30,31)32)28(39)34-27-26(19-7-3-2-4-8-19)33-25-18-21(11-16-38(25)27)37-13-5-6-14-37/h2-4,7-12,15-18H,5-6,13-14H2,1H3,(H,34,39). The predicted octanol–water partition coefficient (Wildman–Crippen LogP) is 6.27. The number of carbonyl (C=O) groups is 1. The van der Waals surface area contributed by atoms with Gasteiger partial charge in [0.2, 0.25) is 0 Å². The number of nitrogens with one attached hydrogen (secondary N) is 1. The van der Waals surface area contributed by atoms with Gasteiger partial charge in [-0.15, -0.1) is 0 Å². The monoisotopic (exact) mass is 530 g/mol. The van der Waals surface area contributed by atoms with Crippen LogP contribution in [0.1, 0.15) is 28.8 Å². The van der Waals surface area contributed by atoms with Crippen molar-refractivity contribution in [2.24, 2.45) is 7.05 Å². The number of halogens is 3. The lowest BCUT2D eigenvalue weighted by molar-refractivity contribution is -0.137. The summed E-state index contributed by atoms with van der Waals surface area (Å²) < 4.78 is 44.6. The Bertz CT molecular complexity index is 1670. The molecule has 1 N–H and O–H groups in total. The maximum Gasteiger partial charge on any atom is 0.417 e. The van der Waals surface area contributed by atoms with E-state index in [1.54, 1.807) is 17.6 Å². The second-order valence-electron chi connectivity index (χ2n) is 9.57. The normalized spacial score (nSPS) is 13.8. The number of hydrogen-bond acceptors (Lipinski definition) is 4. The Kier molecular flexibility index (Phi) is 6.09. The highest BCUT2D eigenvalue weighted by Crippen LogP contribution is 2.37. The third-order valence-corrected chi connectivity index (χ3v) is 6.94. The van der Waals surface area contributed by atoms with E-state index in [2.05, 4.69) is 15.3 Å². The number of imidazole rings is 1. The molecule has 0 atom stereocenters. The average Bonchev–Trinajstić information content (AvgIpc) is 3.69. The number of benzene rings is 2. The fourth-order valence-electron chi connectivity index (χ4n) is 5.01. The Balaban J connectivity index is 1.42. The summed E-state index contributed by atoms with van der Waals surface area (Å²) in [5, 5.41) is 7.05. The molecule has 4 heterocycles. The maximum absolute atomic E-state index is 13.8. The summed E-state index contributed by atoms with van der Waals surface area (Å²) in [6.07, 6.45) is 1.11. The van der Waals surface area contributed by atoms with E-state index in [1.807, 2.05) is 48.7 Å². The zero-order valence-corrected chi connectivity index (χ0v) is 21.1. The van der Waals surface area contributed by atoms with E-state index in [9.17, 15) is 18.0 Å². The summed E-state index contributed by atoms with van der Waals surface area (Å²) >= 11 is 0. The first-order chi connectivity index (χ1) is 18.8. The first-order valence-corrected chi connectivity index (χ1v) is 12.6. The molecule has 1 aliphatic heterocycles. The van der Waals surface area contributed by atoms with Crippen molar-refractivity contribution in [3.63, 3.8) is 0 Å². The van der Waals surface area contributed by atoms with Crippen molar-refractivity contribution in [1.29, 1.82) is 0 Å². The summed E-state index contributed by atoms with van der Waals surface area (Å²) in [5.74, 6) is -0.114. The number of nitrogens with zero attached hydrogens (tertiary/aromatic N) is 5. The number of aromatic nitrogens is 4. The minimum Gasteiger partial charge on any atom is -0.371 e. The van der Waals surface area contributed by atoms with Crippen LogP contribution in [0.15, 0.2) is 79.1 Å². The van der Waals surface area contributed by atoms with Crippen LogP contribution in [0.25, 0.3) is 28.2 Å². The fraction of sp³-hybridized carbons (Fsp3) is 0.207. The summed E-state index contributed by atoms with van der Waals surface area (Å²) in [4.78, 5) is 20.6. The molecule has 5 aromatic rings. The van der Waals surface area contributed by atoms with Gasteiger partial charge in [-0.2, -0.15) is 18.3 Å². The number of carbonyl (C=O) groups excluding carboxylic acids is 1. The molecule has 10 heteroatoms. The van der Waals surface area contributed by atoms with Crippen LogP contribution < -0.4 is 10.2 Å². The number of hydrogen-bond donors (Lipinski definition) is 1. The quantitative estimate of drug-likeness (QED) is 0.291. The highest BCUT2D eigenvalue weighted by molar-refractivity contribution is 6.06. The number of alkyl halides is 3. The predicted molar refractivity (Wildman–Crippen MR) is 144 cm³/mol. The lowest BCUT2D eigenvalue weighted by atomic mass is 10.0. The minimum atomic E-state index is -4.60. The zero-order chi connectivity index (χ0) is 27.1. The summed E-state index contributed by atoms with van der Waals surface area (Å²) in [6, 6.07) is 18.3. The van der Waals surface area contributed by atoms with Crippen molar-refractivity contribution in [3.8, 4) is 22.5 Å². The number of aryl methyl sites for hydroxylation is 1. The van der Waals surface area contributed by atoms with Crippen LogP contribution in [0.2, 0.25) is 0 Å². The number of rotatable bonds is 5. The molecule has 0 spiro atoms. The van der Waals surface area contributed by atoms with Gasteiger partial charge in [-0.3, -0.25) is 13.9 Å². The van der Waals surface area contributed by atoms with Crippen LogP contribution in [0, 0.1) is 0 Å². The van der Waals surface area contributed by atoms with Crippen molar-refractivity contribution in [3.05, 3.63) is 90.3 Å². The molecule has 1 aliphatic rings. The largest absolute Gasteiger partial charge is 0.417 e. The molecule has 1 amide bonds. The van der Waals surface area contributed by atoms with Crippen molar-refractivity contribution < 1.29 is 18.0 Å². The third kappa shape index (κ3) is 4.73. The first kappa shape index (κ1) is 24.7. The van der Waals surface area contributed by atoms with E-state index in [0.717, 1.165) is 43.2 Å². The van der Waals surface area contributed by atoms with Gasteiger partial charge in [0.25, 0.3) is 5.91 Å². The Morgan fingerprint density at radius 1 is 0.949 bits per heavy atom. The molecule has 0 bridgehead atoms. The van der Waals surface area contributed by atoms with Gasteiger partial charge in [0.05, 0.1) is 11.3 Å². The van der Waals surface area contributed by atoms with E-state index in [4.69, 9.17) is 4.98 Å². The van der Waals surface area contributed by atoms with Crippen LogP contribution >= 0.6 is 0 Å². The average molecular weight is 531 g/mol. The number of pyridine rings is 1. The number of amides is 1. The summed E-state index contributed by atoms with van der Waals surface area (Å²) in [5.41, 5.74) is 2.29. The molecule has 0 unspecified atom stereocenters. The van der Waals surface area contributed by atoms with Gasteiger partial charge in [-0.1, -0.05) is 30.3 Å². The Hall–Kier alpha value is -4.60. The lowest BCUT2D eigenvalue weighted by Crippen LogP contribution is -2.18.